The van der Waals surface area contributed by atoms with Crippen LogP contribution in [-0.4, -0.2) is 34.1 Å². The van der Waals surface area contributed by atoms with Gasteiger partial charge in [0.15, 0.2) is 0 Å². The highest BCUT2D eigenvalue weighted by atomic mass is 19.1. The Morgan fingerprint density at radius 3 is 2.78 bits per heavy atom. The Balaban J connectivity index is 1.34. The lowest BCUT2D eigenvalue weighted by molar-refractivity contribution is 0.0953. The third-order valence-corrected chi connectivity index (χ3v) is 6.69. The highest BCUT2D eigenvalue weighted by Gasteiger charge is 2.29. The number of nitrogens with zero attached hydrogens (tertiary/aromatic N) is 3. The number of hydrogen-bond acceptors (Lipinski definition) is 5. The highest BCUT2D eigenvalue weighted by molar-refractivity contribution is 5.99. The van der Waals surface area contributed by atoms with Gasteiger partial charge in [-0.2, -0.15) is 0 Å². The van der Waals surface area contributed by atoms with E-state index in [4.69, 9.17) is 4.74 Å². The van der Waals surface area contributed by atoms with Crippen LogP contribution in [0.3, 0.4) is 0 Å². The van der Waals surface area contributed by atoms with Crippen LogP contribution in [0.1, 0.15) is 47.9 Å². The maximum Gasteiger partial charge on any atom is 0.252 e. The number of benzene rings is 2. The molecule has 2 aromatic heterocycles. The molecule has 1 aliphatic heterocycles. The van der Waals surface area contributed by atoms with E-state index in [1.807, 2.05) is 35.8 Å². The molecule has 0 bridgehead atoms. The number of ether oxygens (including phenoxy) is 1. The van der Waals surface area contributed by atoms with Crippen LogP contribution < -0.4 is 15.4 Å². The number of hydrogen-bond donors (Lipinski definition) is 2. The molecule has 1 atom stereocenters. The largest absolute Gasteiger partial charge is 0.496 e. The Bertz CT molecular complexity index is 1450. The lowest BCUT2D eigenvalue weighted by atomic mass is 9.94. The van der Waals surface area contributed by atoms with Crippen LogP contribution in [-0.2, 0) is 6.54 Å². The van der Waals surface area contributed by atoms with E-state index in [-0.39, 0.29) is 17.8 Å². The summed E-state index contributed by atoms with van der Waals surface area (Å²) in [5.74, 6) is 1.51. The average Bonchev–Trinajstić information content (AvgIpc) is 3.35. The molecule has 7 nitrogen and oxygen atoms in total. The van der Waals surface area contributed by atoms with Crippen molar-refractivity contribution in [1.29, 1.82) is 0 Å². The Hall–Kier alpha value is -3.94. The fourth-order valence-electron chi connectivity index (χ4n) is 5.00. The van der Waals surface area contributed by atoms with Crippen LogP contribution in [0, 0.1) is 18.7 Å². The van der Waals surface area contributed by atoms with Gasteiger partial charge in [-0.25, -0.2) is 14.4 Å². The second-order valence-corrected chi connectivity index (χ2v) is 9.62. The third kappa shape index (κ3) is 4.39. The zero-order valence-electron chi connectivity index (χ0n) is 20.9. The number of aromatic nitrogens is 3. The summed E-state index contributed by atoms with van der Waals surface area (Å²) in [7, 11) is 1.59. The summed E-state index contributed by atoms with van der Waals surface area (Å²) in [5, 5.41) is 7.19. The predicted octanol–water partition coefficient (Wildman–Crippen LogP) is 5.50. The van der Waals surface area contributed by atoms with Crippen LogP contribution >= 0.6 is 0 Å². The Morgan fingerprint density at radius 2 is 2.00 bits per heavy atom. The number of nitrogens with one attached hydrogen (secondary N) is 2. The number of carbonyl (C=O) groups excluding carboxylic acids is 1. The molecule has 0 saturated heterocycles. The molecule has 1 amide bonds. The van der Waals surface area contributed by atoms with Crippen molar-refractivity contribution in [2.45, 2.75) is 39.8 Å². The number of methoxy groups -OCH3 is 1. The van der Waals surface area contributed by atoms with Gasteiger partial charge in [0, 0.05) is 41.4 Å². The van der Waals surface area contributed by atoms with Gasteiger partial charge >= 0.3 is 0 Å². The summed E-state index contributed by atoms with van der Waals surface area (Å²) in [4.78, 5) is 21.2. The summed E-state index contributed by atoms with van der Waals surface area (Å²) in [6.07, 6.45) is 2.42. The fraction of sp³-hybridized carbons (Fsp3) is 0.321. The Labute approximate surface area is 209 Å². The van der Waals surface area contributed by atoms with E-state index in [0.29, 0.717) is 36.1 Å². The molecule has 0 spiro atoms. The zero-order valence-corrected chi connectivity index (χ0v) is 20.9. The summed E-state index contributed by atoms with van der Waals surface area (Å²) >= 11 is 0. The second kappa shape index (κ2) is 9.60. The first-order chi connectivity index (χ1) is 17.4. The van der Waals surface area contributed by atoms with Crippen molar-refractivity contribution in [3.05, 3.63) is 71.4 Å². The fourth-order valence-corrected chi connectivity index (χ4v) is 5.00. The van der Waals surface area contributed by atoms with Crippen molar-refractivity contribution >= 4 is 22.6 Å². The summed E-state index contributed by atoms with van der Waals surface area (Å²) in [5.41, 5.74) is 4.95. The molecule has 8 heteroatoms. The molecular formula is C28H30FN5O2. The van der Waals surface area contributed by atoms with Gasteiger partial charge < -0.3 is 19.9 Å². The van der Waals surface area contributed by atoms with Crippen molar-refractivity contribution < 1.29 is 13.9 Å². The van der Waals surface area contributed by atoms with Crippen molar-refractivity contribution in [2.24, 2.45) is 5.92 Å². The standard InChI is InChI=1S/C28H30FN5O2/c1-16(2)11-24-20-13-18(5-6-19(20)28(35)33-24)23-14-26(32-15-31-23)30-9-10-34-17(3)12-21-25(36-4)8-7-22(29)27(21)34/h5-8,12-16,24H,9-11H2,1-4H3,(H,33,35)(H,30,31,32)/t24-/m1/s1. The van der Waals surface area contributed by atoms with Crippen LogP contribution in [0.25, 0.3) is 22.2 Å². The van der Waals surface area contributed by atoms with Crippen molar-refractivity contribution in [3.8, 4) is 17.0 Å². The summed E-state index contributed by atoms with van der Waals surface area (Å²) in [6, 6.07) is 12.8. The van der Waals surface area contributed by atoms with Gasteiger partial charge in [-0.15, -0.1) is 0 Å². The van der Waals surface area contributed by atoms with E-state index in [1.165, 1.54) is 12.4 Å². The minimum Gasteiger partial charge on any atom is -0.496 e. The monoisotopic (exact) mass is 487 g/mol. The van der Waals surface area contributed by atoms with Gasteiger partial charge in [0.05, 0.1) is 24.4 Å². The van der Waals surface area contributed by atoms with Gasteiger partial charge in [-0.05, 0) is 55.2 Å². The maximum atomic E-state index is 14.6. The first kappa shape index (κ1) is 23.8. The summed E-state index contributed by atoms with van der Waals surface area (Å²) < 4.78 is 22.0. The van der Waals surface area contributed by atoms with Crippen molar-refractivity contribution in [3.63, 3.8) is 0 Å². The molecule has 3 heterocycles. The smallest absolute Gasteiger partial charge is 0.252 e. The number of carbonyl (C=O) groups is 1. The molecular weight excluding hydrogens is 457 g/mol. The lowest BCUT2D eigenvalue weighted by Crippen LogP contribution is -2.20. The molecule has 186 valence electrons. The first-order valence-corrected chi connectivity index (χ1v) is 12.2. The number of fused-ring (bicyclic) bond motifs is 2. The van der Waals surface area contributed by atoms with Gasteiger partial charge in [-0.1, -0.05) is 19.9 Å². The molecule has 0 unspecified atom stereocenters. The van der Waals surface area contributed by atoms with Crippen LogP contribution in [0.2, 0.25) is 0 Å². The van der Waals surface area contributed by atoms with E-state index in [0.717, 1.165) is 39.9 Å². The van der Waals surface area contributed by atoms with E-state index in [2.05, 4.69) is 40.5 Å². The maximum absolute atomic E-state index is 14.6. The first-order valence-electron chi connectivity index (χ1n) is 12.2. The molecule has 0 aliphatic carbocycles. The van der Waals surface area contributed by atoms with E-state index >= 15 is 0 Å². The zero-order chi connectivity index (χ0) is 25.4. The summed E-state index contributed by atoms with van der Waals surface area (Å²) in [6.45, 7) is 7.37. The van der Waals surface area contributed by atoms with Crippen LogP contribution in [0.5, 0.6) is 5.75 Å². The quantitative estimate of drug-likeness (QED) is 0.343. The number of anilines is 1. The molecule has 2 N–H and O–H groups in total. The van der Waals surface area contributed by atoms with Gasteiger partial charge in [-0.3, -0.25) is 4.79 Å². The van der Waals surface area contributed by atoms with E-state index in [1.54, 1.807) is 13.2 Å². The lowest BCUT2D eigenvalue weighted by Gasteiger charge is -2.15. The van der Waals surface area contributed by atoms with Crippen LogP contribution in [0.15, 0.2) is 48.8 Å². The molecule has 36 heavy (non-hydrogen) atoms. The molecule has 5 rings (SSSR count). The van der Waals surface area contributed by atoms with Crippen molar-refractivity contribution in [2.75, 3.05) is 19.0 Å². The molecule has 0 radical (unpaired) electrons. The third-order valence-electron chi connectivity index (χ3n) is 6.69. The highest BCUT2D eigenvalue weighted by Crippen LogP contribution is 2.34. The van der Waals surface area contributed by atoms with Gasteiger partial charge in [0.25, 0.3) is 5.91 Å². The van der Waals surface area contributed by atoms with E-state index in [9.17, 15) is 9.18 Å². The Kier molecular flexibility index (Phi) is 6.35. The predicted molar refractivity (Wildman–Crippen MR) is 139 cm³/mol. The van der Waals surface area contributed by atoms with Gasteiger partial charge in [0.1, 0.15) is 23.7 Å². The Morgan fingerprint density at radius 1 is 1.17 bits per heavy atom. The average molecular weight is 488 g/mol. The minimum absolute atomic E-state index is 0.0190. The molecule has 1 aliphatic rings. The number of halogens is 1. The number of aryl methyl sites for hydroxylation is 1. The van der Waals surface area contributed by atoms with Crippen molar-refractivity contribution in [1.82, 2.24) is 19.9 Å². The molecule has 0 fully saturated rings. The molecule has 4 aromatic rings. The van der Waals surface area contributed by atoms with Crippen LogP contribution in [0.4, 0.5) is 10.2 Å². The number of amides is 1. The minimum atomic E-state index is -0.274. The molecule has 2 aromatic carbocycles. The molecule has 0 saturated carbocycles. The normalized spacial score (nSPS) is 14.8. The van der Waals surface area contributed by atoms with Gasteiger partial charge in [0.2, 0.25) is 0 Å². The van der Waals surface area contributed by atoms with E-state index < -0.39 is 0 Å². The second-order valence-electron chi connectivity index (χ2n) is 9.62. The SMILES string of the molecule is COc1ccc(F)c2c1cc(C)n2CCNc1cc(-c2ccc3c(c2)[C@@H](CC(C)C)NC3=O)ncn1. The topological polar surface area (TPSA) is 81.1 Å². The number of rotatable bonds is 8.